The molecule has 1 fully saturated rings. The van der Waals surface area contributed by atoms with Crippen LogP contribution in [0.5, 0.6) is 5.75 Å². The van der Waals surface area contributed by atoms with Gasteiger partial charge in [-0.3, -0.25) is 9.59 Å². The van der Waals surface area contributed by atoms with Gasteiger partial charge in [-0.2, -0.15) is 0 Å². The van der Waals surface area contributed by atoms with E-state index in [0.29, 0.717) is 35.8 Å². The Morgan fingerprint density at radius 1 is 1.29 bits per heavy atom. The third-order valence-electron chi connectivity index (χ3n) is 5.15. The van der Waals surface area contributed by atoms with Crippen LogP contribution in [-0.4, -0.2) is 44.9 Å². The minimum Gasteiger partial charge on any atom is -0.507 e. The van der Waals surface area contributed by atoms with Gasteiger partial charge in [0.05, 0.1) is 30.1 Å². The second-order valence-corrected chi connectivity index (χ2v) is 8.40. The van der Waals surface area contributed by atoms with Gasteiger partial charge >= 0.3 is 0 Å². The summed E-state index contributed by atoms with van der Waals surface area (Å²) < 4.78 is 7.06. The molecule has 2 aromatic heterocycles. The predicted molar refractivity (Wildman–Crippen MR) is 118 cm³/mol. The van der Waals surface area contributed by atoms with E-state index in [1.165, 1.54) is 29.4 Å². The molecule has 1 saturated heterocycles. The maximum absolute atomic E-state index is 13.0. The van der Waals surface area contributed by atoms with E-state index in [-0.39, 0.29) is 11.3 Å². The molecule has 7 nitrogen and oxygen atoms in total. The third-order valence-corrected chi connectivity index (χ3v) is 6.37. The van der Waals surface area contributed by atoms with Crippen molar-refractivity contribution in [3.8, 4) is 5.75 Å². The van der Waals surface area contributed by atoms with Crippen LogP contribution >= 0.6 is 22.9 Å². The lowest BCUT2D eigenvalue weighted by Gasteiger charge is -2.24. The quantitative estimate of drug-likeness (QED) is 0.328. The number of Topliss-reactive ketones (excluding diaryl/α,β-unsaturated/α-hetero) is 1. The predicted octanol–water partition coefficient (Wildman–Crippen LogP) is 4.12. The normalized spacial score (nSPS) is 18.0. The zero-order valence-corrected chi connectivity index (χ0v) is 18.3. The lowest BCUT2D eigenvalue weighted by molar-refractivity contribution is -0.139. The molecule has 31 heavy (non-hydrogen) atoms. The fraction of sp³-hybridized carbons (Fsp3) is 0.227. The number of likely N-dealkylation sites (tertiary alicyclic amines) is 1. The van der Waals surface area contributed by atoms with Crippen LogP contribution in [0.25, 0.3) is 5.76 Å². The van der Waals surface area contributed by atoms with Gasteiger partial charge in [-0.05, 0) is 36.1 Å². The molecule has 1 N–H and O–H groups in total. The number of ether oxygens (including phenoxy) is 1. The number of carbonyl (C=O) groups excluding carboxylic acids is 2. The van der Waals surface area contributed by atoms with Gasteiger partial charge in [0.2, 0.25) is 0 Å². The number of aliphatic hydroxyl groups is 1. The Labute approximate surface area is 188 Å². The number of halogens is 1. The minimum atomic E-state index is -0.703. The summed E-state index contributed by atoms with van der Waals surface area (Å²) in [4.78, 5) is 32.2. The molecule has 0 unspecified atom stereocenters. The van der Waals surface area contributed by atoms with Crippen molar-refractivity contribution in [2.45, 2.75) is 19.0 Å². The number of carbonyl (C=O) groups is 2. The van der Waals surface area contributed by atoms with Gasteiger partial charge in [0.1, 0.15) is 11.5 Å². The molecule has 1 atom stereocenters. The number of benzene rings is 1. The highest BCUT2D eigenvalue weighted by Crippen LogP contribution is 2.41. The van der Waals surface area contributed by atoms with E-state index in [0.717, 1.165) is 4.88 Å². The number of aromatic nitrogens is 2. The number of amides is 1. The molecule has 0 spiro atoms. The van der Waals surface area contributed by atoms with Crippen molar-refractivity contribution < 1.29 is 19.4 Å². The van der Waals surface area contributed by atoms with Gasteiger partial charge < -0.3 is 19.3 Å². The van der Waals surface area contributed by atoms with E-state index in [1.54, 1.807) is 24.7 Å². The number of nitrogens with zero attached hydrogens (tertiary/aromatic N) is 3. The maximum atomic E-state index is 13.0. The average molecular weight is 458 g/mol. The van der Waals surface area contributed by atoms with E-state index in [4.69, 9.17) is 16.3 Å². The smallest absolute Gasteiger partial charge is 0.295 e. The number of methoxy groups -OCH3 is 1. The Morgan fingerprint density at radius 3 is 2.77 bits per heavy atom. The van der Waals surface area contributed by atoms with Crippen molar-refractivity contribution in [3.05, 3.63) is 75.5 Å². The van der Waals surface area contributed by atoms with Gasteiger partial charge in [0.25, 0.3) is 11.7 Å². The molecule has 0 aliphatic carbocycles. The summed E-state index contributed by atoms with van der Waals surface area (Å²) in [5.74, 6) is -1.12. The Balaban J connectivity index is 1.70. The molecule has 1 amide bonds. The number of rotatable bonds is 7. The molecule has 0 saturated carbocycles. The number of hydrogen-bond donors (Lipinski definition) is 1. The molecule has 3 aromatic rings. The Bertz CT molecular complexity index is 1130. The molecular formula is C22H20ClN3O4S. The van der Waals surface area contributed by atoms with Crippen LogP contribution in [0.15, 0.2) is 60.0 Å². The second-order valence-electron chi connectivity index (χ2n) is 7.01. The molecule has 160 valence electrons. The maximum Gasteiger partial charge on any atom is 0.295 e. The standard InChI is InChI=1S/C22H20ClN3O4S/c1-30-16-6-5-14(12-15(16)23)20(27)18-19(17-4-2-11-31-17)26(22(29)21(18)28)9-3-8-25-10-7-24-13-25/h2,4-7,10-13,19,27H,3,8-9H2,1H3/b20-18+/t19-/m1/s1. The molecule has 0 radical (unpaired) electrons. The van der Waals surface area contributed by atoms with Crippen molar-refractivity contribution >= 4 is 40.4 Å². The lowest BCUT2D eigenvalue weighted by Crippen LogP contribution is -2.31. The molecule has 0 bridgehead atoms. The van der Waals surface area contributed by atoms with Crippen LogP contribution < -0.4 is 4.74 Å². The Hall–Kier alpha value is -3.10. The van der Waals surface area contributed by atoms with Crippen molar-refractivity contribution in [1.82, 2.24) is 14.5 Å². The SMILES string of the molecule is COc1ccc(/C(O)=C2\C(=O)C(=O)N(CCCn3ccnc3)[C@@H]2c2cccs2)cc1Cl. The number of thiophene rings is 1. The van der Waals surface area contributed by atoms with Crippen molar-refractivity contribution in [2.24, 2.45) is 0 Å². The molecule has 3 heterocycles. The summed E-state index contributed by atoms with van der Waals surface area (Å²) >= 11 is 7.63. The summed E-state index contributed by atoms with van der Waals surface area (Å²) in [5, 5.41) is 13.2. The van der Waals surface area contributed by atoms with Crippen LogP contribution in [0.3, 0.4) is 0 Å². The fourth-order valence-electron chi connectivity index (χ4n) is 3.67. The second kappa shape index (κ2) is 8.95. The molecule has 4 rings (SSSR count). The van der Waals surface area contributed by atoms with E-state index in [9.17, 15) is 14.7 Å². The van der Waals surface area contributed by atoms with Gasteiger partial charge in [-0.15, -0.1) is 11.3 Å². The summed E-state index contributed by atoms with van der Waals surface area (Å²) in [7, 11) is 1.49. The molecule has 1 aliphatic heterocycles. The lowest BCUT2D eigenvalue weighted by atomic mass is 9.99. The largest absolute Gasteiger partial charge is 0.507 e. The van der Waals surface area contributed by atoms with Crippen LogP contribution in [0.2, 0.25) is 5.02 Å². The van der Waals surface area contributed by atoms with Crippen molar-refractivity contribution in [3.63, 3.8) is 0 Å². The van der Waals surface area contributed by atoms with Crippen LogP contribution in [0, 0.1) is 0 Å². The third kappa shape index (κ3) is 4.08. The summed E-state index contributed by atoms with van der Waals surface area (Å²) in [6.45, 7) is 1.03. The molecular weight excluding hydrogens is 438 g/mol. The summed E-state index contributed by atoms with van der Waals surface area (Å²) in [6, 6.07) is 7.81. The van der Waals surface area contributed by atoms with Gasteiger partial charge in [-0.1, -0.05) is 17.7 Å². The highest BCUT2D eigenvalue weighted by molar-refractivity contribution is 7.10. The number of aryl methyl sites for hydroxylation is 1. The first kappa shape index (κ1) is 21.1. The van der Waals surface area contributed by atoms with E-state index >= 15 is 0 Å². The van der Waals surface area contributed by atoms with Crippen LogP contribution in [0.4, 0.5) is 0 Å². The van der Waals surface area contributed by atoms with Gasteiger partial charge in [0.15, 0.2) is 0 Å². The number of ketones is 1. The number of hydrogen-bond acceptors (Lipinski definition) is 6. The first-order valence-electron chi connectivity index (χ1n) is 9.62. The van der Waals surface area contributed by atoms with E-state index in [2.05, 4.69) is 4.98 Å². The number of imidazole rings is 1. The van der Waals surface area contributed by atoms with Crippen molar-refractivity contribution in [1.29, 1.82) is 0 Å². The molecule has 1 aliphatic rings. The van der Waals surface area contributed by atoms with Crippen LogP contribution in [-0.2, 0) is 16.1 Å². The van der Waals surface area contributed by atoms with Gasteiger partial charge in [0, 0.05) is 35.9 Å². The van der Waals surface area contributed by atoms with E-state index in [1.807, 2.05) is 28.3 Å². The van der Waals surface area contributed by atoms with Crippen molar-refractivity contribution in [2.75, 3.05) is 13.7 Å². The first-order valence-corrected chi connectivity index (χ1v) is 10.9. The Morgan fingerprint density at radius 2 is 2.13 bits per heavy atom. The topological polar surface area (TPSA) is 84.7 Å². The molecule has 1 aromatic carbocycles. The Kier molecular flexibility index (Phi) is 6.11. The summed E-state index contributed by atoms with van der Waals surface area (Å²) in [5.41, 5.74) is 0.417. The van der Waals surface area contributed by atoms with E-state index < -0.39 is 17.7 Å². The monoisotopic (exact) mass is 457 g/mol. The average Bonchev–Trinajstić information content (AvgIpc) is 3.52. The fourth-order valence-corrected chi connectivity index (χ4v) is 4.77. The highest BCUT2D eigenvalue weighted by atomic mass is 35.5. The first-order chi connectivity index (χ1) is 15.0. The van der Waals surface area contributed by atoms with Crippen LogP contribution in [0.1, 0.15) is 22.9 Å². The zero-order chi connectivity index (χ0) is 22.0. The molecule has 9 heteroatoms. The summed E-state index contributed by atoms with van der Waals surface area (Å²) in [6.07, 6.45) is 5.88. The number of aliphatic hydroxyl groups excluding tert-OH is 1. The van der Waals surface area contributed by atoms with Gasteiger partial charge in [-0.25, -0.2) is 4.98 Å². The highest BCUT2D eigenvalue weighted by Gasteiger charge is 2.46. The zero-order valence-electron chi connectivity index (χ0n) is 16.7. The minimum absolute atomic E-state index is 0.0660.